The van der Waals surface area contributed by atoms with Crippen molar-refractivity contribution < 1.29 is 0 Å². The SMILES string of the molecule is CCC1c2nc[nH]c(=O)c2CN1C(C)C. The lowest BCUT2D eigenvalue weighted by Crippen LogP contribution is -2.29. The van der Waals surface area contributed by atoms with Gasteiger partial charge in [0.2, 0.25) is 0 Å². The normalized spacial score (nSPS) is 20.9. The molecule has 1 aliphatic heterocycles. The van der Waals surface area contributed by atoms with Crippen LogP contribution < -0.4 is 5.56 Å². The van der Waals surface area contributed by atoms with Crippen molar-refractivity contribution in [3.05, 3.63) is 27.9 Å². The van der Waals surface area contributed by atoms with E-state index in [2.05, 4.69) is 35.6 Å². The number of fused-ring (bicyclic) bond motifs is 1. The minimum absolute atomic E-state index is 0.0154. The molecule has 0 radical (unpaired) electrons. The van der Waals surface area contributed by atoms with Gasteiger partial charge in [-0.1, -0.05) is 6.92 Å². The fourth-order valence-corrected chi connectivity index (χ4v) is 2.30. The highest BCUT2D eigenvalue weighted by atomic mass is 16.1. The molecule has 15 heavy (non-hydrogen) atoms. The molecule has 0 spiro atoms. The van der Waals surface area contributed by atoms with Crippen molar-refractivity contribution in [2.24, 2.45) is 0 Å². The Kier molecular flexibility index (Phi) is 2.61. The van der Waals surface area contributed by atoms with Crippen LogP contribution in [0, 0.1) is 0 Å². The van der Waals surface area contributed by atoms with Crippen molar-refractivity contribution in [1.29, 1.82) is 0 Å². The Morgan fingerprint density at radius 1 is 1.67 bits per heavy atom. The average molecular weight is 207 g/mol. The topological polar surface area (TPSA) is 49.0 Å². The average Bonchev–Trinajstić information content (AvgIpc) is 2.57. The van der Waals surface area contributed by atoms with E-state index in [1.54, 1.807) is 0 Å². The molecule has 1 atom stereocenters. The molecule has 2 rings (SSSR count). The first kappa shape index (κ1) is 10.4. The van der Waals surface area contributed by atoms with Crippen LogP contribution in [0.1, 0.15) is 44.5 Å². The van der Waals surface area contributed by atoms with Crippen LogP contribution in [0.5, 0.6) is 0 Å². The van der Waals surface area contributed by atoms with Gasteiger partial charge in [0.05, 0.1) is 23.6 Å². The van der Waals surface area contributed by atoms with Gasteiger partial charge in [0.15, 0.2) is 0 Å². The fraction of sp³-hybridized carbons (Fsp3) is 0.636. The number of H-pyrrole nitrogens is 1. The Morgan fingerprint density at radius 3 is 3.00 bits per heavy atom. The third-order valence-corrected chi connectivity index (χ3v) is 3.09. The van der Waals surface area contributed by atoms with Crippen LogP contribution in [0.15, 0.2) is 11.1 Å². The molecule has 4 nitrogen and oxygen atoms in total. The number of hydrogen-bond acceptors (Lipinski definition) is 3. The highest BCUT2D eigenvalue weighted by Crippen LogP contribution is 2.33. The summed E-state index contributed by atoms with van der Waals surface area (Å²) in [5.41, 5.74) is 1.83. The molecule has 1 aromatic heterocycles. The Morgan fingerprint density at radius 2 is 2.40 bits per heavy atom. The minimum atomic E-state index is 0.0154. The van der Waals surface area contributed by atoms with Crippen molar-refractivity contribution in [3.63, 3.8) is 0 Å². The first-order chi connectivity index (χ1) is 7.15. The zero-order valence-corrected chi connectivity index (χ0v) is 9.45. The van der Waals surface area contributed by atoms with E-state index in [4.69, 9.17) is 0 Å². The van der Waals surface area contributed by atoms with E-state index in [1.807, 2.05) is 0 Å². The van der Waals surface area contributed by atoms with Crippen LogP contribution in [0.2, 0.25) is 0 Å². The van der Waals surface area contributed by atoms with Crippen molar-refractivity contribution in [1.82, 2.24) is 14.9 Å². The molecule has 1 aromatic rings. The lowest BCUT2D eigenvalue weighted by Gasteiger charge is -2.27. The highest BCUT2D eigenvalue weighted by Gasteiger charge is 2.33. The molecular formula is C11H17N3O. The summed E-state index contributed by atoms with van der Waals surface area (Å²) in [6, 6.07) is 0.755. The molecule has 1 N–H and O–H groups in total. The largest absolute Gasteiger partial charge is 0.313 e. The second kappa shape index (κ2) is 3.77. The maximum Gasteiger partial charge on any atom is 0.255 e. The van der Waals surface area contributed by atoms with E-state index in [1.165, 1.54) is 6.33 Å². The first-order valence-electron chi connectivity index (χ1n) is 5.47. The second-order valence-electron chi connectivity index (χ2n) is 4.29. The zero-order valence-electron chi connectivity index (χ0n) is 9.45. The van der Waals surface area contributed by atoms with Gasteiger partial charge in [-0.05, 0) is 20.3 Å². The van der Waals surface area contributed by atoms with Gasteiger partial charge < -0.3 is 4.98 Å². The van der Waals surface area contributed by atoms with Gasteiger partial charge in [0, 0.05) is 12.6 Å². The first-order valence-corrected chi connectivity index (χ1v) is 5.47. The lowest BCUT2D eigenvalue weighted by atomic mass is 10.1. The third kappa shape index (κ3) is 1.59. The van der Waals surface area contributed by atoms with Gasteiger partial charge in [-0.15, -0.1) is 0 Å². The summed E-state index contributed by atoms with van der Waals surface area (Å²) in [6.45, 7) is 7.18. The molecule has 0 fully saturated rings. The molecule has 0 saturated carbocycles. The Balaban J connectivity index is 2.46. The number of rotatable bonds is 2. The standard InChI is InChI=1S/C11H17N3O/c1-4-9-10-8(5-14(9)7(2)3)11(15)13-6-12-10/h6-7,9H,4-5H2,1-3H3,(H,12,13,15). The van der Waals surface area contributed by atoms with Crippen LogP contribution in [-0.2, 0) is 6.54 Å². The van der Waals surface area contributed by atoms with Crippen LogP contribution >= 0.6 is 0 Å². The lowest BCUT2D eigenvalue weighted by molar-refractivity contribution is 0.162. The molecule has 0 aliphatic carbocycles. The smallest absolute Gasteiger partial charge is 0.255 e. The van der Waals surface area contributed by atoms with E-state index < -0.39 is 0 Å². The third-order valence-electron chi connectivity index (χ3n) is 3.09. The maximum absolute atomic E-state index is 11.6. The van der Waals surface area contributed by atoms with Crippen molar-refractivity contribution in [2.45, 2.75) is 45.8 Å². The number of hydrogen-bond donors (Lipinski definition) is 1. The zero-order chi connectivity index (χ0) is 11.0. The monoisotopic (exact) mass is 207 g/mol. The van der Waals surface area contributed by atoms with E-state index in [9.17, 15) is 4.79 Å². The van der Waals surface area contributed by atoms with Crippen LogP contribution in [0.4, 0.5) is 0 Å². The van der Waals surface area contributed by atoms with Gasteiger partial charge in [-0.2, -0.15) is 0 Å². The summed E-state index contributed by atoms with van der Waals surface area (Å²) >= 11 is 0. The Bertz CT molecular complexity index is 411. The Labute approximate surface area is 89.3 Å². The summed E-state index contributed by atoms with van der Waals surface area (Å²) in [5.74, 6) is 0. The molecule has 0 bridgehead atoms. The number of nitrogens with one attached hydrogen (secondary N) is 1. The predicted molar refractivity (Wildman–Crippen MR) is 58.6 cm³/mol. The predicted octanol–water partition coefficient (Wildman–Crippen LogP) is 1.45. The fourth-order valence-electron chi connectivity index (χ4n) is 2.30. The number of aromatic amines is 1. The molecule has 0 aromatic carbocycles. The van der Waals surface area contributed by atoms with Crippen molar-refractivity contribution in [2.75, 3.05) is 0 Å². The number of nitrogens with zero attached hydrogens (tertiary/aromatic N) is 2. The minimum Gasteiger partial charge on any atom is -0.313 e. The van der Waals surface area contributed by atoms with Crippen LogP contribution in [-0.4, -0.2) is 20.9 Å². The van der Waals surface area contributed by atoms with Crippen molar-refractivity contribution in [3.8, 4) is 0 Å². The quantitative estimate of drug-likeness (QED) is 0.798. The van der Waals surface area contributed by atoms with E-state index in [-0.39, 0.29) is 5.56 Å². The van der Waals surface area contributed by atoms with E-state index >= 15 is 0 Å². The molecule has 2 heterocycles. The van der Waals surface area contributed by atoms with E-state index in [0.29, 0.717) is 12.1 Å². The molecule has 1 unspecified atom stereocenters. The molecule has 0 amide bonds. The Hall–Kier alpha value is -1.16. The van der Waals surface area contributed by atoms with Gasteiger partial charge in [-0.25, -0.2) is 4.98 Å². The van der Waals surface area contributed by atoms with Crippen molar-refractivity contribution >= 4 is 0 Å². The summed E-state index contributed by atoms with van der Waals surface area (Å²) < 4.78 is 0. The molecule has 0 saturated heterocycles. The number of aromatic nitrogens is 2. The van der Waals surface area contributed by atoms with Gasteiger partial charge in [0.25, 0.3) is 5.56 Å². The summed E-state index contributed by atoms with van der Waals surface area (Å²) in [7, 11) is 0. The van der Waals surface area contributed by atoms with Gasteiger partial charge >= 0.3 is 0 Å². The summed E-state index contributed by atoms with van der Waals surface area (Å²) in [5, 5.41) is 0. The molecule has 4 heteroatoms. The molecule has 1 aliphatic rings. The highest BCUT2D eigenvalue weighted by molar-refractivity contribution is 5.25. The second-order valence-corrected chi connectivity index (χ2v) is 4.29. The van der Waals surface area contributed by atoms with Crippen LogP contribution in [0.25, 0.3) is 0 Å². The summed E-state index contributed by atoms with van der Waals surface area (Å²) in [4.78, 5) is 20.9. The molecular weight excluding hydrogens is 190 g/mol. The van der Waals surface area contributed by atoms with Gasteiger partial charge in [0.1, 0.15) is 0 Å². The van der Waals surface area contributed by atoms with E-state index in [0.717, 1.165) is 24.2 Å². The van der Waals surface area contributed by atoms with Gasteiger partial charge in [-0.3, -0.25) is 9.69 Å². The molecule has 82 valence electrons. The van der Waals surface area contributed by atoms with Crippen LogP contribution in [0.3, 0.4) is 0 Å². The summed E-state index contributed by atoms with van der Waals surface area (Å²) in [6.07, 6.45) is 2.51. The maximum atomic E-state index is 11.6.